The van der Waals surface area contributed by atoms with Crippen LogP contribution in [0, 0.1) is 11.3 Å². The summed E-state index contributed by atoms with van der Waals surface area (Å²) in [5.74, 6) is -0.705. The third-order valence-electron chi connectivity index (χ3n) is 5.54. The lowest BCUT2D eigenvalue weighted by atomic mass is 9.77. The molecule has 0 radical (unpaired) electrons. The van der Waals surface area contributed by atoms with E-state index in [2.05, 4.69) is 17.2 Å². The van der Waals surface area contributed by atoms with Gasteiger partial charge in [0.1, 0.15) is 11.9 Å². The van der Waals surface area contributed by atoms with Gasteiger partial charge in [0.15, 0.2) is 0 Å². The number of hydroxylamine groups is 1. The molecule has 2 atom stereocenters. The molecule has 31 heavy (non-hydrogen) atoms. The van der Waals surface area contributed by atoms with Gasteiger partial charge in [-0.3, -0.25) is 14.4 Å². The fraction of sp³-hybridized carbons (Fsp3) is 0.478. The molecular formula is C23H31N3O5. The summed E-state index contributed by atoms with van der Waals surface area (Å²) in [6.45, 7) is 12.8. The van der Waals surface area contributed by atoms with Crippen LogP contribution in [0.15, 0.2) is 36.0 Å². The average molecular weight is 430 g/mol. The van der Waals surface area contributed by atoms with Crippen LogP contribution in [-0.4, -0.2) is 48.0 Å². The Morgan fingerprint density at radius 3 is 2.42 bits per heavy atom. The van der Waals surface area contributed by atoms with Crippen molar-refractivity contribution in [2.45, 2.75) is 47.1 Å². The second-order valence-corrected chi connectivity index (χ2v) is 8.50. The number of carbonyl (C=O) groups excluding carboxylic acids is 3. The molecular weight excluding hydrogens is 398 g/mol. The SMILES string of the molecule is C=C(NOC(C)=O)c1ccc(C2=NOC(CC(=O)N(C)CC(C)C(C)=O)C2(C)C)cc1. The number of rotatable bonds is 9. The van der Waals surface area contributed by atoms with E-state index in [4.69, 9.17) is 9.68 Å². The van der Waals surface area contributed by atoms with Crippen LogP contribution in [0.3, 0.4) is 0 Å². The van der Waals surface area contributed by atoms with Gasteiger partial charge >= 0.3 is 5.97 Å². The zero-order valence-corrected chi connectivity index (χ0v) is 19.0. The molecule has 0 bridgehead atoms. The maximum absolute atomic E-state index is 12.6. The minimum atomic E-state index is -0.489. The maximum atomic E-state index is 12.6. The van der Waals surface area contributed by atoms with Crippen molar-refractivity contribution in [1.82, 2.24) is 10.4 Å². The van der Waals surface area contributed by atoms with Crippen molar-refractivity contribution >= 4 is 29.1 Å². The molecule has 1 heterocycles. The van der Waals surface area contributed by atoms with Gasteiger partial charge < -0.3 is 14.6 Å². The van der Waals surface area contributed by atoms with E-state index >= 15 is 0 Å². The summed E-state index contributed by atoms with van der Waals surface area (Å²) in [7, 11) is 1.70. The highest BCUT2D eigenvalue weighted by atomic mass is 16.7. The van der Waals surface area contributed by atoms with Crippen LogP contribution in [0.5, 0.6) is 0 Å². The highest BCUT2D eigenvalue weighted by molar-refractivity contribution is 6.05. The lowest BCUT2D eigenvalue weighted by Gasteiger charge is -2.28. The van der Waals surface area contributed by atoms with E-state index in [0.717, 1.165) is 16.8 Å². The van der Waals surface area contributed by atoms with E-state index < -0.39 is 17.5 Å². The van der Waals surface area contributed by atoms with Crippen molar-refractivity contribution in [3.05, 3.63) is 42.0 Å². The molecule has 0 spiro atoms. The number of oxime groups is 1. The monoisotopic (exact) mass is 429 g/mol. The predicted molar refractivity (Wildman–Crippen MR) is 118 cm³/mol. The highest BCUT2D eigenvalue weighted by Crippen LogP contribution is 2.37. The minimum absolute atomic E-state index is 0.0527. The normalized spacial score (nSPS) is 17.7. The molecule has 0 saturated heterocycles. The summed E-state index contributed by atoms with van der Waals surface area (Å²) in [5, 5.41) is 4.26. The van der Waals surface area contributed by atoms with Crippen LogP contribution in [0.25, 0.3) is 5.70 Å². The fourth-order valence-electron chi connectivity index (χ4n) is 3.21. The van der Waals surface area contributed by atoms with Gasteiger partial charge in [-0.2, -0.15) is 0 Å². The summed E-state index contributed by atoms with van der Waals surface area (Å²) in [4.78, 5) is 47.0. The molecule has 2 rings (SSSR count). The Balaban J connectivity index is 2.03. The second-order valence-electron chi connectivity index (χ2n) is 8.50. The number of nitrogens with zero attached hydrogens (tertiary/aromatic N) is 2. The molecule has 1 amide bonds. The largest absolute Gasteiger partial charge is 0.391 e. The molecule has 1 aromatic rings. The Hall–Kier alpha value is -3.16. The van der Waals surface area contributed by atoms with Gasteiger partial charge in [0.25, 0.3) is 0 Å². The van der Waals surface area contributed by atoms with Gasteiger partial charge in [-0.25, -0.2) is 5.48 Å². The number of hydrogen-bond donors (Lipinski definition) is 1. The molecule has 8 heteroatoms. The smallest absolute Gasteiger partial charge is 0.329 e. The van der Waals surface area contributed by atoms with Crippen LogP contribution in [0.4, 0.5) is 0 Å². The molecule has 1 aliphatic heterocycles. The first-order valence-electron chi connectivity index (χ1n) is 10.1. The summed E-state index contributed by atoms with van der Waals surface area (Å²) < 4.78 is 0. The third-order valence-corrected chi connectivity index (χ3v) is 5.54. The topological polar surface area (TPSA) is 97.3 Å². The summed E-state index contributed by atoms with van der Waals surface area (Å²) in [6.07, 6.45) is -0.243. The zero-order chi connectivity index (χ0) is 23.3. The van der Waals surface area contributed by atoms with E-state index in [1.54, 1.807) is 11.9 Å². The molecule has 8 nitrogen and oxygen atoms in total. The molecule has 0 aromatic heterocycles. The second kappa shape index (κ2) is 9.76. The quantitative estimate of drug-likeness (QED) is 0.606. The molecule has 1 aliphatic rings. The van der Waals surface area contributed by atoms with Crippen molar-refractivity contribution in [3.8, 4) is 0 Å². The van der Waals surface area contributed by atoms with Crippen molar-refractivity contribution in [2.75, 3.05) is 13.6 Å². The third kappa shape index (κ3) is 5.93. The summed E-state index contributed by atoms with van der Waals surface area (Å²) in [5.41, 5.74) is 4.84. The Bertz CT molecular complexity index is 889. The first-order valence-corrected chi connectivity index (χ1v) is 10.1. The van der Waals surface area contributed by atoms with E-state index in [1.807, 2.05) is 45.0 Å². The number of ketones is 1. The highest BCUT2D eigenvalue weighted by Gasteiger charge is 2.44. The van der Waals surface area contributed by atoms with Gasteiger partial charge in [0.05, 0.1) is 23.2 Å². The van der Waals surface area contributed by atoms with Crippen LogP contribution >= 0.6 is 0 Å². The van der Waals surface area contributed by atoms with Crippen LogP contribution in [0.2, 0.25) is 0 Å². The van der Waals surface area contributed by atoms with Gasteiger partial charge in [-0.1, -0.05) is 56.8 Å². The Morgan fingerprint density at radius 1 is 1.26 bits per heavy atom. The number of nitrogens with one attached hydrogen (secondary N) is 1. The lowest BCUT2D eigenvalue weighted by Crippen LogP contribution is -2.40. The van der Waals surface area contributed by atoms with E-state index in [1.165, 1.54) is 13.8 Å². The first-order chi connectivity index (χ1) is 14.4. The Kier molecular flexibility index (Phi) is 7.60. The number of Topliss-reactive ketones (excluding diaryl/α,β-unsaturated/α-hetero) is 1. The minimum Gasteiger partial charge on any atom is -0.391 e. The van der Waals surface area contributed by atoms with Crippen molar-refractivity contribution < 1.29 is 24.1 Å². The predicted octanol–water partition coefficient (Wildman–Crippen LogP) is 2.93. The molecule has 168 valence electrons. The van der Waals surface area contributed by atoms with Crippen molar-refractivity contribution in [2.24, 2.45) is 16.5 Å². The van der Waals surface area contributed by atoms with E-state index in [0.29, 0.717) is 12.2 Å². The Morgan fingerprint density at radius 2 is 1.87 bits per heavy atom. The maximum Gasteiger partial charge on any atom is 0.329 e. The van der Waals surface area contributed by atoms with Crippen molar-refractivity contribution in [3.63, 3.8) is 0 Å². The van der Waals surface area contributed by atoms with E-state index in [9.17, 15) is 14.4 Å². The van der Waals surface area contributed by atoms with Crippen LogP contribution in [-0.2, 0) is 24.1 Å². The molecule has 1 N–H and O–H groups in total. The molecule has 0 fully saturated rings. The summed E-state index contributed by atoms with van der Waals surface area (Å²) >= 11 is 0. The van der Waals surface area contributed by atoms with Gasteiger partial charge in [-0.05, 0) is 6.92 Å². The van der Waals surface area contributed by atoms with E-state index in [-0.39, 0.29) is 24.0 Å². The van der Waals surface area contributed by atoms with Gasteiger partial charge in [-0.15, -0.1) is 0 Å². The molecule has 1 aromatic carbocycles. The first kappa shape index (κ1) is 24.1. The zero-order valence-electron chi connectivity index (χ0n) is 19.0. The number of amides is 1. The van der Waals surface area contributed by atoms with Crippen molar-refractivity contribution in [1.29, 1.82) is 0 Å². The van der Waals surface area contributed by atoms with Gasteiger partial charge in [0, 0.05) is 37.6 Å². The number of carbonyl (C=O) groups is 3. The number of benzene rings is 1. The fourth-order valence-corrected chi connectivity index (χ4v) is 3.21. The van der Waals surface area contributed by atoms with Gasteiger partial charge in [0.2, 0.25) is 5.91 Å². The lowest BCUT2D eigenvalue weighted by molar-refractivity contribution is -0.145. The number of hydrogen-bond acceptors (Lipinski definition) is 7. The standard InChI is InChI=1S/C23H31N3O5/c1-14(16(3)27)13-26(7)21(29)12-20-23(5,6)22(25-31-20)19-10-8-18(9-11-19)15(2)24-30-17(4)28/h8-11,14,20,24H,2,12-13H2,1,3-7H3. The van der Waals surface area contributed by atoms with Crippen LogP contribution < -0.4 is 5.48 Å². The molecule has 0 aliphatic carbocycles. The Labute approximate surface area is 183 Å². The summed E-state index contributed by atoms with van der Waals surface area (Å²) in [6, 6.07) is 7.43. The molecule has 0 saturated carbocycles. The van der Waals surface area contributed by atoms with Crippen LogP contribution in [0.1, 0.15) is 52.2 Å². The molecule has 2 unspecified atom stereocenters. The average Bonchev–Trinajstić information content (AvgIpc) is 2.99.